The Labute approximate surface area is 122 Å². The third-order valence-electron chi connectivity index (χ3n) is 3.05. The van der Waals surface area contributed by atoms with E-state index in [1.807, 2.05) is 0 Å². The van der Waals surface area contributed by atoms with Crippen molar-refractivity contribution >= 4 is 17.5 Å². The quantitative estimate of drug-likeness (QED) is 0.911. The van der Waals surface area contributed by atoms with Crippen LogP contribution in [-0.4, -0.2) is 18.9 Å². The molecule has 2 aromatic rings. The molecule has 0 spiro atoms. The van der Waals surface area contributed by atoms with E-state index in [0.717, 1.165) is 0 Å². The third kappa shape index (κ3) is 3.25. The molecule has 0 fully saturated rings. The molecule has 5 heteroatoms. The van der Waals surface area contributed by atoms with Crippen molar-refractivity contribution in [1.82, 2.24) is 5.32 Å². The van der Waals surface area contributed by atoms with Crippen LogP contribution in [0.15, 0.2) is 42.5 Å². The number of hydrogen-bond acceptors (Lipinski definition) is 2. The second kappa shape index (κ2) is 6.17. The summed E-state index contributed by atoms with van der Waals surface area (Å²) in [6.45, 7) is 1.60. The maximum absolute atomic E-state index is 13.9. The van der Waals surface area contributed by atoms with E-state index in [0.29, 0.717) is 16.8 Å². The molecule has 0 atom stereocenters. The zero-order valence-corrected chi connectivity index (χ0v) is 11.7. The molecule has 4 nitrogen and oxygen atoms in total. The number of carbonyl (C=O) groups excluding carboxylic acids is 2. The van der Waals surface area contributed by atoms with E-state index < -0.39 is 11.7 Å². The molecule has 2 rings (SSSR count). The molecule has 0 aliphatic carbocycles. The predicted octanol–water partition coefficient (Wildman–Crippen LogP) is 2.75. The molecule has 2 aromatic carbocycles. The highest BCUT2D eigenvalue weighted by atomic mass is 19.1. The predicted molar refractivity (Wildman–Crippen MR) is 78.9 cm³/mol. The summed E-state index contributed by atoms with van der Waals surface area (Å²) in [5.41, 5.74) is 1.23. The molecule has 0 aliphatic heterocycles. The SMILES string of the molecule is CNC(=O)c1cccc(NC(=O)c2cccc(C)c2F)c1. The first kappa shape index (κ1) is 14.7. The highest BCUT2D eigenvalue weighted by Gasteiger charge is 2.13. The average molecular weight is 286 g/mol. The monoisotopic (exact) mass is 286 g/mol. The number of anilines is 1. The number of carbonyl (C=O) groups is 2. The van der Waals surface area contributed by atoms with Crippen LogP contribution in [0.2, 0.25) is 0 Å². The number of rotatable bonds is 3. The van der Waals surface area contributed by atoms with Crippen molar-refractivity contribution in [1.29, 1.82) is 0 Å². The van der Waals surface area contributed by atoms with Gasteiger partial charge in [-0.1, -0.05) is 18.2 Å². The Morgan fingerprint density at radius 3 is 2.48 bits per heavy atom. The van der Waals surface area contributed by atoms with Gasteiger partial charge in [-0.15, -0.1) is 0 Å². The number of halogens is 1. The molecule has 108 valence electrons. The van der Waals surface area contributed by atoms with Gasteiger partial charge in [0.1, 0.15) is 5.82 Å². The Bertz CT molecular complexity index is 698. The lowest BCUT2D eigenvalue weighted by Gasteiger charge is -2.08. The van der Waals surface area contributed by atoms with Gasteiger partial charge in [-0.05, 0) is 36.8 Å². The Morgan fingerprint density at radius 2 is 1.76 bits per heavy atom. The zero-order chi connectivity index (χ0) is 15.4. The Morgan fingerprint density at radius 1 is 1.05 bits per heavy atom. The van der Waals surface area contributed by atoms with E-state index in [1.165, 1.54) is 19.2 Å². The van der Waals surface area contributed by atoms with Crippen molar-refractivity contribution < 1.29 is 14.0 Å². The fourth-order valence-corrected chi connectivity index (χ4v) is 1.90. The largest absolute Gasteiger partial charge is 0.355 e. The number of amides is 2. The van der Waals surface area contributed by atoms with E-state index in [4.69, 9.17) is 0 Å². The fraction of sp³-hybridized carbons (Fsp3) is 0.125. The van der Waals surface area contributed by atoms with E-state index in [9.17, 15) is 14.0 Å². The molecule has 0 aromatic heterocycles. The maximum Gasteiger partial charge on any atom is 0.258 e. The highest BCUT2D eigenvalue weighted by Crippen LogP contribution is 2.16. The van der Waals surface area contributed by atoms with Gasteiger partial charge in [-0.25, -0.2) is 4.39 Å². The average Bonchev–Trinajstić information content (AvgIpc) is 2.49. The summed E-state index contributed by atoms with van der Waals surface area (Å²) in [5, 5.41) is 5.09. The molecule has 0 radical (unpaired) electrons. The van der Waals surface area contributed by atoms with Crippen molar-refractivity contribution in [2.24, 2.45) is 0 Å². The smallest absolute Gasteiger partial charge is 0.258 e. The number of benzene rings is 2. The van der Waals surface area contributed by atoms with Gasteiger partial charge in [-0.3, -0.25) is 9.59 Å². The van der Waals surface area contributed by atoms with Crippen molar-refractivity contribution in [3.63, 3.8) is 0 Å². The van der Waals surface area contributed by atoms with E-state index >= 15 is 0 Å². The van der Waals surface area contributed by atoms with Crippen LogP contribution in [0.25, 0.3) is 0 Å². The van der Waals surface area contributed by atoms with Crippen LogP contribution in [0.5, 0.6) is 0 Å². The van der Waals surface area contributed by atoms with Crippen molar-refractivity contribution in [2.45, 2.75) is 6.92 Å². The van der Waals surface area contributed by atoms with Crippen molar-refractivity contribution in [3.8, 4) is 0 Å². The van der Waals surface area contributed by atoms with E-state index in [-0.39, 0.29) is 11.5 Å². The summed E-state index contributed by atoms with van der Waals surface area (Å²) >= 11 is 0. The van der Waals surface area contributed by atoms with Crippen LogP contribution < -0.4 is 10.6 Å². The topological polar surface area (TPSA) is 58.2 Å². The van der Waals surface area contributed by atoms with Crippen LogP contribution in [0, 0.1) is 12.7 Å². The minimum atomic E-state index is -0.551. The lowest BCUT2D eigenvalue weighted by atomic mass is 10.1. The molecule has 0 bridgehead atoms. The Kier molecular flexibility index (Phi) is 4.33. The van der Waals surface area contributed by atoms with Crippen molar-refractivity contribution in [3.05, 3.63) is 65.0 Å². The summed E-state index contributed by atoms with van der Waals surface area (Å²) in [4.78, 5) is 23.6. The number of hydrogen-bond donors (Lipinski definition) is 2. The van der Waals surface area contributed by atoms with Crippen LogP contribution in [0.4, 0.5) is 10.1 Å². The molecule has 21 heavy (non-hydrogen) atoms. The van der Waals surface area contributed by atoms with Crippen LogP contribution in [-0.2, 0) is 0 Å². The Hall–Kier alpha value is -2.69. The minimum Gasteiger partial charge on any atom is -0.355 e. The van der Waals surface area contributed by atoms with Gasteiger partial charge >= 0.3 is 0 Å². The molecule has 0 aliphatic rings. The second-order valence-electron chi connectivity index (χ2n) is 4.55. The number of nitrogens with one attached hydrogen (secondary N) is 2. The molecule has 0 heterocycles. The van der Waals surface area contributed by atoms with Gasteiger partial charge < -0.3 is 10.6 Å². The second-order valence-corrected chi connectivity index (χ2v) is 4.55. The van der Waals surface area contributed by atoms with Gasteiger partial charge in [0.05, 0.1) is 5.56 Å². The third-order valence-corrected chi connectivity index (χ3v) is 3.05. The van der Waals surface area contributed by atoms with Gasteiger partial charge in [0, 0.05) is 18.3 Å². The summed E-state index contributed by atoms with van der Waals surface area (Å²) in [7, 11) is 1.52. The zero-order valence-electron chi connectivity index (χ0n) is 11.7. The molecule has 2 amide bonds. The molecule has 0 saturated carbocycles. The van der Waals surface area contributed by atoms with Crippen LogP contribution >= 0.6 is 0 Å². The Balaban J connectivity index is 2.24. The summed E-state index contributed by atoms with van der Waals surface area (Å²) in [6, 6.07) is 11.1. The molecule has 0 unspecified atom stereocenters. The molecule has 0 saturated heterocycles. The van der Waals surface area contributed by atoms with Gasteiger partial charge in [0.2, 0.25) is 0 Å². The summed E-state index contributed by atoms with van der Waals surface area (Å²) in [5.74, 6) is -1.35. The lowest BCUT2D eigenvalue weighted by molar-refractivity contribution is 0.0961. The molecular formula is C16H15FN2O2. The normalized spacial score (nSPS) is 10.0. The summed E-state index contributed by atoms with van der Waals surface area (Å²) in [6.07, 6.45) is 0. The van der Waals surface area contributed by atoms with E-state index in [2.05, 4.69) is 10.6 Å². The fourth-order valence-electron chi connectivity index (χ4n) is 1.90. The minimum absolute atomic E-state index is 0.0275. The van der Waals surface area contributed by atoms with Crippen LogP contribution in [0.3, 0.4) is 0 Å². The van der Waals surface area contributed by atoms with Gasteiger partial charge in [0.25, 0.3) is 11.8 Å². The standard InChI is InChI=1S/C16H15FN2O2/c1-10-5-3-8-13(14(10)17)16(21)19-12-7-4-6-11(9-12)15(20)18-2/h3-9H,1-2H3,(H,18,20)(H,19,21). The van der Waals surface area contributed by atoms with Crippen LogP contribution in [0.1, 0.15) is 26.3 Å². The number of aryl methyl sites for hydroxylation is 1. The van der Waals surface area contributed by atoms with E-state index in [1.54, 1.807) is 37.3 Å². The molecular weight excluding hydrogens is 271 g/mol. The first-order valence-corrected chi connectivity index (χ1v) is 6.41. The van der Waals surface area contributed by atoms with Crippen molar-refractivity contribution in [2.75, 3.05) is 12.4 Å². The summed E-state index contributed by atoms with van der Waals surface area (Å²) < 4.78 is 13.9. The highest BCUT2D eigenvalue weighted by molar-refractivity contribution is 6.05. The lowest BCUT2D eigenvalue weighted by Crippen LogP contribution is -2.18. The van der Waals surface area contributed by atoms with Gasteiger partial charge in [0.15, 0.2) is 0 Å². The first-order valence-electron chi connectivity index (χ1n) is 6.41. The first-order chi connectivity index (χ1) is 10.0. The van der Waals surface area contributed by atoms with Gasteiger partial charge in [-0.2, -0.15) is 0 Å². The maximum atomic E-state index is 13.9. The molecule has 2 N–H and O–H groups in total.